The van der Waals surface area contributed by atoms with E-state index in [0.29, 0.717) is 28.5 Å². The number of amides is 2. The fourth-order valence-corrected chi connectivity index (χ4v) is 5.98. The summed E-state index contributed by atoms with van der Waals surface area (Å²) >= 11 is 1.22. The number of hydrogen-bond acceptors (Lipinski definition) is 5. The van der Waals surface area contributed by atoms with E-state index in [2.05, 4.69) is 5.32 Å². The SMILES string of the molecule is CCC(C)NC(=O)CN1C(=O)CSC(c2ccc(F)cc2F)c2c(-c3ccccc3)nn(-c3ccc(OC)cc3)c21. The van der Waals surface area contributed by atoms with Crippen LogP contribution in [0.2, 0.25) is 0 Å². The Morgan fingerprint density at radius 2 is 1.85 bits per heavy atom. The first-order chi connectivity index (χ1) is 19.8. The van der Waals surface area contributed by atoms with E-state index in [9.17, 15) is 14.0 Å². The van der Waals surface area contributed by atoms with Crippen molar-refractivity contribution in [2.45, 2.75) is 31.6 Å². The summed E-state index contributed by atoms with van der Waals surface area (Å²) in [5.74, 6) is -1.09. The average Bonchev–Trinajstić information content (AvgIpc) is 3.31. The first kappa shape index (κ1) is 28.4. The molecule has 0 radical (unpaired) electrons. The van der Waals surface area contributed by atoms with Crippen molar-refractivity contribution >= 4 is 29.4 Å². The molecule has 10 heteroatoms. The normalized spacial score (nSPS) is 15.7. The smallest absolute Gasteiger partial charge is 0.240 e. The summed E-state index contributed by atoms with van der Waals surface area (Å²) in [4.78, 5) is 28.3. The Bertz CT molecular complexity index is 1560. The van der Waals surface area contributed by atoms with Gasteiger partial charge in [-0.2, -0.15) is 5.10 Å². The lowest BCUT2D eigenvalue weighted by Crippen LogP contribution is -2.44. The molecule has 2 unspecified atom stereocenters. The molecule has 0 saturated heterocycles. The highest BCUT2D eigenvalue weighted by atomic mass is 32.2. The third-order valence-corrected chi connectivity index (χ3v) is 8.26. The third kappa shape index (κ3) is 5.83. The molecule has 0 saturated carbocycles. The first-order valence-electron chi connectivity index (χ1n) is 13.3. The van der Waals surface area contributed by atoms with Gasteiger partial charge in [-0.25, -0.2) is 13.5 Å². The summed E-state index contributed by atoms with van der Waals surface area (Å²) < 4.78 is 36.2. The van der Waals surface area contributed by atoms with Gasteiger partial charge in [0.15, 0.2) is 0 Å². The van der Waals surface area contributed by atoms with Crippen LogP contribution in [0.15, 0.2) is 72.8 Å². The van der Waals surface area contributed by atoms with Gasteiger partial charge in [-0.3, -0.25) is 14.5 Å². The molecule has 2 heterocycles. The van der Waals surface area contributed by atoms with Gasteiger partial charge in [0.25, 0.3) is 0 Å². The molecule has 41 heavy (non-hydrogen) atoms. The van der Waals surface area contributed by atoms with Crippen LogP contribution in [0.1, 0.15) is 36.6 Å². The molecule has 0 fully saturated rings. The van der Waals surface area contributed by atoms with Crippen molar-refractivity contribution in [3.05, 3.63) is 95.6 Å². The summed E-state index contributed by atoms with van der Waals surface area (Å²) in [7, 11) is 1.57. The number of ether oxygens (including phenoxy) is 1. The van der Waals surface area contributed by atoms with Gasteiger partial charge in [-0.1, -0.05) is 43.3 Å². The van der Waals surface area contributed by atoms with Crippen molar-refractivity contribution in [1.29, 1.82) is 0 Å². The number of hydrogen-bond donors (Lipinski definition) is 1. The number of aromatic nitrogens is 2. The number of fused-ring (bicyclic) bond motifs is 1. The van der Waals surface area contributed by atoms with E-state index in [1.807, 2.05) is 44.2 Å². The third-order valence-electron chi connectivity index (χ3n) is 7.02. The molecule has 1 aliphatic rings. The lowest BCUT2D eigenvalue weighted by atomic mass is 9.99. The fraction of sp³-hybridized carbons (Fsp3) is 0.258. The minimum atomic E-state index is -0.722. The lowest BCUT2D eigenvalue weighted by molar-refractivity contribution is -0.123. The van der Waals surface area contributed by atoms with Crippen LogP contribution in [0, 0.1) is 11.6 Å². The molecule has 0 aliphatic carbocycles. The van der Waals surface area contributed by atoms with Crippen LogP contribution < -0.4 is 15.0 Å². The predicted molar refractivity (Wildman–Crippen MR) is 156 cm³/mol. The summed E-state index contributed by atoms with van der Waals surface area (Å²) in [6.45, 7) is 3.61. The Morgan fingerprint density at radius 3 is 2.51 bits per heavy atom. The van der Waals surface area contributed by atoms with E-state index in [-0.39, 0.29) is 35.7 Å². The van der Waals surface area contributed by atoms with Crippen molar-refractivity contribution in [3.8, 4) is 22.7 Å². The lowest BCUT2D eigenvalue weighted by Gasteiger charge is -2.24. The number of halogens is 2. The number of rotatable bonds is 8. The zero-order valence-electron chi connectivity index (χ0n) is 22.9. The topological polar surface area (TPSA) is 76.5 Å². The highest BCUT2D eigenvalue weighted by Crippen LogP contribution is 2.49. The second-order valence-electron chi connectivity index (χ2n) is 9.78. The van der Waals surface area contributed by atoms with Gasteiger partial charge in [0.05, 0.1) is 29.5 Å². The molecule has 2 amide bonds. The van der Waals surface area contributed by atoms with Crippen LogP contribution in [0.5, 0.6) is 5.75 Å². The zero-order valence-corrected chi connectivity index (χ0v) is 23.8. The van der Waals surface area contributed by atoms with Gasteiger partial charge in [-0.05, 0) is 43.7 Å². The summed E-state index contributed by atoms with van der Waals surface area (Å²) in [5, 5.41) is 7.19. The predicted octanol–water partition coefficient (Wildman–Crippen LogP) is 5.91. The monoisotopic (exact) mass is 576 g/mol. The minimum Gasteiger partial charge on any atom is -0.497 e. The molecule has 1 N–H and O–H groups in total. The fourth-order valence-electron chi connectivity index (χ4n) is 4.76. The number of carbonyl (C=O) groups excluding carboxylic acids is 2. The van der Waals surface area contributed by atoms with Gasteiger partial charge in [0, 0.05) is 28.8 Å². The summed E-state index contributed by atoms with van der Waals surface area (Å²) in [6.07, 6.45) is 0.731. The second-order valence-corrected chi connectivity index (χ2v) is 10.9. The number of anilines is 1. The molecule has 212 valence electrons. The van der Waals surface area contributed by atoms with Gasteiger partial charge < -0.3 is 10.1 Å². The Hall–Kier alpha value is -4.18. The van der Waals surface area contributed by atoms with Crippen LogP contribution in [0.3, 0.4) is 0 Å². The molecular formula is C31H30F2N4O3S. The Labute approximate surface area is 241 Å². The maximum absolute atomic E-state index is 15.3. The quantitative estimate of drug-likeness (QED) is 0.282. The maximum Gasteiger partial charge on any atom is 0.240 e. The zero-order chi connectivity index (χ0) is 29.1. The van der Waals surface area contributed by atoms with Crippen LogP contribution >= 0.6 is 11.8 Å². The van der Waals surface area contributed by atoms with Crippen LogP contribution in [-0.2, 0) is 9.59 Å². The van der Waals surface area contributed by atoms with Gasteiger partial charge in [-0.15, -0.1) is 11.8 Å². The van der Waals surface area contributed by atoms with Crippen molar-refractivity contribution in [1.82, 2.24) is 15.1 Å². The summed E-state index contributed by atoms with van der Waals surface area (Å²) in [6, 6.07) is 19.9. The molecule has 7 nitrogen and oxygen atoms in total. The van der Waals surface area contributed by atoms with Gasteiger partial charge in [0.2, 0.25) is 11.8 Å². The molecular weight excluding hydrogens is 546 g/mol. The number of carbonyl (C=O) groups is 2. The molecule has 2 atom stereocenters. The summed E-state index contributed by atoms with van der Waals surface area (Å²) in [5.41, 5.74) is 2.68. The molecule has 3 aromatic carbocycles. The van der Waals surface area contributed by atoms with Crippen molar-refractivity contribution in [2.75, 3.05) is 24.3 Å². The number of thioether (sulfide) groups is 1. The van der Waals surface area contributed by atoms with Crippen LogP contribution in [0.4, 0.5) is 14.6 Å². The van der Waals surface area contributed by atoms with E-state index in [4.69, 9.17) is 9.84 Å². The number of nitrogens with one attached hydrogen (secondary N) is 1. The molecule has 0 bridgehead atoms. The molecule has 0 spiro atoms. The Morgan fingerprint density at radius 1 is 1.12 bits per heavy atom. The van der Waals surface area contributed by atoms with Gasteiger partial charge in [0.1, 0.15) is 29.7 Å². The average molecular weight is 577 g/mol. The number of benzene rings is 3. The van der Waals surface area contributed by atoms with Crippen molar-refractivity contribution in [2.24, 2.45) is 0 Å². The minimum absolute atomic E-state index is 0.0242. The van der Waals surface area contributed by atoms with E-state index >= 15 is 4.39 Å². The van der Waals surface area contributed by atoms with Crippen LogP contribution in [-0.4, -0.2) is 47.0 Å². The van der Waals surface area contributed by atoms with Crippen molar-refractivity contribution < 1.29 is 23.1 Å². The highest BCUT2D eigenvalue weighted by Gasteiger charge is 2.38. The standard InChI is InChI=1S/C31H30F2N4O3S/c1-4-19(2)34-26(38)17-36-27(39)18-41-30(24-15-10-21(32)16-25(24)33)28-29(20-8-6-5-7-9-20)35-37(31(28)36)22-11-13-23(40-3)14-12-22/h5-16,19,30H,4,17-18H2,1-3H3,(H,34,38). The molecule has 1 aliphatic heterocycles. The largest absolute Gasteiger partial charge is 0.497 e. The maximum atomic E-state index is 15.3. The second kappa shape index (κ2) is 12.1. The molecule has 1 aromatic heterocycles. The van der Waals surface area contributed by atoms with E-state index in [0.717, 1.165) is 18.1 Å². The van der Waals surface area contributed by atoms with E-state index in [1.165, 1.54) is 28.8 Å². The van der Waals surface area contributed by atoms with Gasteiger partial charge >= 0.3 is 0 Å². The number of methoxy groups -OCH3 is 1. The molecule has 5 rings (SSSR count). The highest BCUT2D eigenvalue weighted by molar-refractivity contribution is 8.00. The van der Waals surface area contributed by atoms with Crippen molar-refractivity contribution in [3.63, 3.8) is 0 Å². The van der Waals surface area contributed by atoms with Crippen LogP contribution in [0.25, 0.3) is 16.9 Å². The Kier molecular flexibility index (Phi) is 8.39. The molecule has 4 aromatic rings. The number of nitrogens with zero attached hydrogens (tertiary/aromatic N) is 3. The van der Waals surface area contributed by atoms with E-state index < -0.39 is 16.9 Å². The van der Waals surface area contributed by atoms with E-state index in [1.54, 1.807) is 36.1 Å². The Balaban J connectivity index is 1.78. The first-order valence-corrected chi connectivity index (χ1v) is 14.3.